The molecule has 0 N–H and O–H groups in total. The fourth-order valence-corrected chi connectivity index (χ4v) is 3.15. The molecule has 4 rings (SSSR count). The van der Waals surface area contributed by atoms with Gasteiger partial charge >= 0.3 is 0 Å². The molecule has 0 bridgehead atoms. The minimum absolute atomic E-state index is 0.339. The smallest absolute Gasteiger partial charge is 0.299 e. The van der Waals surface area contributed by atoms with Crippen molar-refractivity contribution < 1.29 is 9.47 Å². The van der Waals surface area contributed by atoms with Crippen molar-refractivity contribution >= 4 is 11.0 Å². The minimum atomic E-state index is -0.346. The van der Waals surface area contributed by atoms with Crippen molar-refractivity contribution in [1.82, 2.24) is 14.5 Å². The summed E-state index contributed by atoms with van der Waals surface area (Å²) in [6.07, 6.45) is 1.56. The van der Waals surface area contributed by atoms with E-state index in [1.54, 1.807) is 20.5 Å². The molecule has 6 heteroatoms. The summed E-state index contributed by atoms with van der Waals surface area (Å²) in [5, 5.41) is 0. The Balaban J connectivity index is 1.79. The van der Waals surface area contributed by atoms with E-state index in [1.807, 2.05) is 65.2 Å². The fraction of sp³-hybridized carbons (Fsp3) is 0.136. The molecule has 6 nitrogen and oxygen atoms in total. The lowest BCUT2D eigenvalue weighted by atomic mass is 10.1. The lowest BCUT2D eigenvalue weighted by molar-refractivity contribution is 0.355. The van der Waals surface area contributed by atoms with E-state index in [4.69, 9.17) is 9.47 Å². The quantitative estimate of drug-likeness (QED) is 0.535. The van der Waals surface area contributed by atoms with E-state index >= 15 is 0 Å². The average molecular weight is 373 g/mol. The summed E-state index contributed by atoms with van der Waals surface area (Å²) in [6.45, 7) is 0.613. The molecule has 0 spiro atoms. The minimum Gasteiger partial charge on any atom is -0.493 e. The number of benzene rings is 2. The maximum absolute atomic E-state index is 12.4. The lowest BCUT2D eigenvalue weighted by Gasteiger charge is -2.12. The van der Waals surface area contributed by atoms with Gasteiger partial charge in [0.25, 0.3) is 5.56 Å². The van der Waals surface area contributed by atoms with Crippen LogP contribution < -0.4 is 15.0 Å². The maximum Gasteiger partial charge on any atom is 0.299 e. The van der Waals surface area contributed by atoms with Crippen LogP contribution in [0, 0.1) is 0 Å². The van der Waals surface area contributed by atoms with Crippen LogP contribution >= 0.6 is 0 Å². The van der Waals surface area contributed by atoms with Crippen molar-refractivity contribution in [2.75, 3.05) is 14.2 Å². The molecule has 28 heavy (non-hydrogen) atoms. The Hall–Kier alpha value is -3.67. The highest BCUT2D eigenvalue weighted by atomic mass is 16.5. The molecule has 0 unspecified atom stereocenters. The van der Waals surface area contributed by atoms with Gasteiger partial charge in [-0.3, -0.25) is 4.79 Å². The standard InChI is InChI=1S/C22H19N3O3/c1-27-19-11-8-16(12-20(19)28-2)17-9-10-18-21(24-17)22(26)23-14-25(18)13-15-6-4-3-5-7-15/h3-12,14H,13H2,1-2H3. The van der Waals surface area contributed by atoms with Gasteiger partial charge in [0.15, 0.2) is 17.0 Å². The number of methoxy groups -OCH3 is 2. The molecule has 0 aliphatic heterocycles. The largest absolute Gasteiger partial charge is 0.493 e. The molecule has 2 heterocycles. The van der Waals surface area contributed by atoms with Gasteiger partial charge < -0.3 is 14.0 Å². The second kappa shape index (κ2) is 7.52. The highest BCUT2D eigenvalue weighted by molar-refractivity contribution is 5.78. The van der Waals surface area contributed by atoms with E-state index in [-0.39, 0.29) is 5.56 Å². The maximum atomic E-state index is 12.4. The zero-order valence-corrected chi connectivity index (χ0v) is 15.6. The molecule has 2 aromatic carbocycles. The number of hydrogen-bond donors (Lipinski definition) is 0. The predicted octanol–water partition coefficient (Wildman–Crippen LogP) is 3.52. The predicted molar refractivity (Wildman–Crippen MR) is 108 cm³/mol. The zero-order chi connectivity index (χ0) is 19.5. The first kappa shape index (κ1) is 17.7. The van der Waals surface area contributed by atoms with Gasteiger partial charge in [0.2, 0.25) is 0 Å². The van der Waals surface area contributed by atoms with Gasteiger partial charge in [0.1, 0.15) is 0 Å². The summed E-state index contributed by atoms with van der Waals surface area (Å²) in [6, 6.07) is 19.4. The van der Waals surface area contributed by atoms with Crippen molar-refractivity contribution in [2.45, 2.75) is 6.54 Å². The Bertz CT molecular complexity index is 1190. The van der Waals surface area contributed by atoms with Gasteiger partial charge in [-0.1, -0.05) is 30.3 Å². The first-order chi connectivity index (χ1) is 13.7. The summed E-state index contributed by atoms with van der Waals surface area (Å²) < 4.78 is 12.6. The number of ether oxygens (including phenoxy) is 2. The SMILES string of the molecule is COc1ccc(-c2ccc3c(n2)c(=O)ncn3Cc2ccccc2)cc1OC. The second-order valence-corrected chi connectivity index (χ2v) is 6.30. The Morgan fingerprint density at radius 1 is 0.929 bits per heavy atom. The highest BCUT2D eigenvalue weighted by Gasteiger charge is 2.11. The molecular weight excluding hydrogens is 354 g/mol. The van der Waals surface area contributed by atoms with Gasteiger partial charge in [0.05, 0.1) is 31.8 Å². The van der Waals surface area contributed by atoms with E-state index < -0.39 is 0 Å². The van der Waals surface area contributed by atoms with Crippen LogP contribution in [0.15, 0.2) is 71.8 Å². The van der Waals surface area contributed by atoms with Crippen molar-refractivity contribution in [3.05, 3.63) is 82.9 Å². The number of fused-ring (bicyclic) bond motifs is 1. The van der Waals surface area contributed by atoms with E-state index in [0.29, 0.717) is 29.3 Å². The van der Waals surface area contributed by atoms with Crippen LogP contribution in [0.1, 0.15) is 5.56 Å². The average Bonchev–Trinajstić information content (AvgIpc) is 2.75. The van der Waals surface area contributed by atoms with E-state index in [2.05, 4.69) is 9.97 Å². The summed E-state index contributed by atoms with van der Waals surface area (Å²) in [7, 11) is 3.17. The molecule has 0 atom stereocenters. The third-order valence-corrected chi connectivity index (χ3v) is 4.58. The molecule has 4 aromatic rings. The first-order valence-electron chi connectivity index (χ1n) is 8.82. The van der Waals surface area contributed by atoms with E-state index in [9.17, 15) is 4.79 Å². The molecule has 0 amide bonds. The number of nitrogens with zero attached hydrogens (tertiary/aromatic N) is 3. The normalized spacial score (nSPS) is 10.8. The molecule has 2 aromatic heterocycles. The molecular formula is C22H19N3O3. The Labute approximate surface area is 162 Å². The van der Waals surface area contributed by atoms with Crippen LogP contribution in [0.5, 0.6) is 11.5 Å². The van der Waals surface area contributed by atoms with Gasteiger partial charge in [-0.2, -0.15) is 4.98 Å². The third-order valence-electron chi connectivity index (χ3n) is 4.58. The molecule has 0 aliphatic carbocycles. The molecule has 140 valence electrons. The molecule has 0 saturated heterocycles. The van der Waals surface area contributed by atoms with Crippen LogP contribution in [-0.2, 0) is 6.54 Å². The van der Waals surface area contributed by atoms with Gasteiger partial charge in [0, 0.05) is 12.1 Å². The van der Waals surface area contributed by atoms with Crippen molar-refractivity contribution in [3.8, 4) is 22.8 Å². The van der Waals surface area contributed by atoms with Crippen molar-refractivity contribution in [2.24, 2.45) is 0 Å². The monoisotopic (exact) mass is 373 g/mol. The van der Waals surface area contributed by atoms with E-state index in [0.717, 1.165) is 16.6 Å². The van der Waals surface area contributed by atoms with E-state index in [1.165, 1.54) is 0 Å². The highest BCUT2D eigenvalue weighted by Crippen LogP contribution is 2.31. The second-order valence-electron chi connectivity index (χ2n) is 6.30. The topological polar surface area (TPSA) is 66.2 Å². The van der Waals surface area contributed by atoms with Crippen LogP contribution in [0.2, 0.25) is 0 Å². The number of rotatable bonds is 5. The Morgan fingerprint density at radius 3 is 2.46 bits per heavy atom. The van der Waals surface area contributed by atoms with Gasteiger partial charge in [-0.05, 0) is 35.9 Å². The fourth-order valence-electron chi connectivity index (χ4n) is 3.15. The molecule has 0 fully saturated rings. The van der Waals surface area contributed by atoms with Gasteiger partial charge in [-0.25, -0.2) is 4.98 Å². The Kier molecular flexibility index (Phi) is 4.76. The number of hydrogen-bond acceptors (Lipinski definition) is 5. The first-order valence-corrected chi connectivity index (χ1v) is 8.82. The third kappa shape index (κ3) is 3.32. The number of aromatic nitrogens is 3. The lowest BCUT2D eigenvalue weighted by Crippen LogP contribution is -2.14. The molecule has 0 saturated carbocycles. The summed E-state index contributed by atoms with van der Waals surface area (Å²) in [4.78, 5) is 20.9. The van der Waals surface area contributed by atoms with Crippen LogP contribution in [0.25, 0.3) is 22.3 Å². The van der Waals surface area contributed by atoms with Gasteiger partial charge in [-0.15, -0.1) is 0 Å². The van der Waals surface area contributed by atoms with Crippen molar-refractivity contribution in [3.63, 3.8) is 0 Å². The Morgan fingerprint density at radius 2 is 1.71 bits per heavy atom. The zero-order valence-electron chi connectivity index (χ0n) is 15.6. The van der Waals surface area contributed by atoms with Crippen LogP contribution in [0.4, 0.5) is 0 Å². The number of pyridine rings is 1. The molecule has 0 aliphatic rings. The van der Waals surface area contributed by atoms with Crippen LogP contribution in [-0.4, -0.2) is 28.8 Å². The van der Waals surface area contributed by atoms with Crippen LogP contribution in [0.3, 0.4) is 0 Å². The van der Waals surface area contributed by atoms with Crippen molar-refractivity contribution in [1.29, 1.82) is 0 Å². The summed E-state index contributed by atoms with van der Waals surface area (Å²) >= 11 is 0. The summed E-state index contributed by atoms with van der Waals surface area (Å²) in [5.41, 5.74) is 3.36. The molecule has 0 radical (unpaired) electrons. The summed E-state index contributed by atoms with van der Waals surface area (Å²) in [5.74, 6) is 1.24.